The first-order chi connectivity index (χ1) is 10.8. The Morgan fingerprint density at radius 2 is 1.74 bits per heavy atom. The highest BCUT2D eigenvalue weighted by atomic mass is 16.2. The fourth-order valence-corrected chi connectivity index (χ4v) is 2.00. The van der Waals surface area contributed by atoms with E-state index in [0.29, 0.717) is 5.56 Å². The van der Waals surface area contributed by atoms with Gasteiger partial charge in [0.25, 0.3) is 5.91 Å². The summed E-state index contributed by atoms with van der Waals surface area (Å²) in [5.41, 5.74) is 3.49. The molecular formula is C17H20N4O2. The van der Waals surface area contributed by atoms with Gasteiger partial charge in [-0.15, -0.1) is 0 Å². The summed E-state index contributed by atoms with van der Waals surface area (Å²) in [7, 11) is 0. The Morgan fingerprint density at radius 1 is 1.09 bits per heavy atom. The van der Waals surface area contributed by atoms with Crippen LogP contribution in [0.1, 0.15) is 47.3 Å². The zero-order valence-corrected chi connectivity index (χ0v) is 13.7. The molecule has 0 bridgehead atoms. The van der Waals surface area contributed by atoms with Crippen molar-refractivity contribution in [1.29, 1.82) is 0 Å². The number of benzene rings is 1. The minimum absolute atomic E-state index is 0.0128. The molecule has 6 nitrogen and oxygen atoms in total. The van der Waals surface area contributed by atoms with Crippen molar-refractivity contribution in [3.63, 3.8) is 0 Å². The van der Waals surface area contributed by atoms with Gasteiger partial charge in [0.15, 0.2) is 0 Å². The van der Waals surface area contributed by atoms with Crippen LogP contribution in [0.25, 0.3) is 0 Å². The average Bonchev–Trinajstić information content (AvgIpc) is 2.51. The first-order valence-electron chi connectivity index (χ1n) is 7.28. The van der Waals surface area contributed by atoms with Gasteiger partial charge in [-0.3, -0.25) is 15.0 Å². The molecule has 0 fully saturated rings. The van der Waals surface area contributed by atoms with Crippen LogP contribution >= 0.6 is 0 Å². The number of nitrogens with zero attached hydrogens (tertiary/aromatic N) is 3. The Hall–Kier alpha value is -2.76. The fraction of sp³-hybridized carbons (Fsp3) is 0.294. The molecule has 0 atom stereocenters. The molecule has 0 saturated carbocycles. The number of rotatable bonds is 2. The van der Waals surface area contributed by atoms with Gasteiger partial charge in [0.05, 0.1) is 5.54 Å². The lowest BCUT2D eigenvalue weighted by atomic mass is 10.1. The van der Waals surface area contributed by atoms with Crippen molar-refractivity contribution in [3.8, 4) is 0 Å². The molecular weight excluding hydrogens is 292 g/mol. The van der Waals surface area contributed by atoms with Crippen LogP contribution in [0.3, 0.4) is 0 Å². The van der Waals surface area contributed by atoms with E-state index in [1.54, 1.807) is 18.2 Å². The Bertz CT molecular complexity index is 708. The minimum atomic E-state index is -0.606. The topological polar surface area (TPSA) is 75.2 Å². The Labute approximate surface area is 135 Å². The molecule has 1 heterocycles. The second-order valence-electron chi connectivity index (χ2n) is 6.19. The molecule has 0 saturated heterocycles. The number of hydrogen-bond acceptors (Lipinski definition) is 4. The van der Waals surface area contributed by atoms with Gasteiger partial charge in [-0.25, -0.2) is 15.0 Å². The summed E-state index contributed by atoms with van der Waals surface area (Å²) in [4.78, 5) is 32.9. The highest BCUT2D eigenvalue weighted by Crippen LogP contribution is 2.16. The molecule has 2 rings (SSSR count). The molecule has 120 valence electrons. The summed E-state index contributed by atoms with van der Waals surface area (Å²) in [6.07, 6.45) is 2.96. The lowest BCUT2D eigenvalue weighted by Crippen LogP contribution is -2.56. The van der Waals surface area contributed by atoms with Crippen molar-refractivity contribution in [2.24, 2.45) is 0 Å². The van der Waals surface area contributed by atoms with Crippen LogP contribution in [0.5, 0.6) is 0 Å². The zero-order chi connectivity index (χ0) is 17.0. The molecule has 0 radical (unpaired) electrons. The van der Waals surface area contributed by atoms with E-state index in [0.717, 1.165) is 5.56 Å². The van der Waals surface area contributed by atoms with Crippen LogP contribution in [0.2, 0.25) is 0 Å². The molecule has 0 aliphatic carbocycles. The van der Waals surface area contributed by atoms with Crippen molar-refractivity contribution in [1.82, 2.24) is 20.4 Å². The predicted octanol–water partition coefficient (Wildman–Crippen LogP) is 2.37. The maximum Gasteiger partial charge on any atom is 0.307 e. The molecule has 0 aliphatic rings. The highest BCUT2D eigenvalue weighted by Gasteiger charge is 2.30. The fourth-order valence-electron chi connectivity index (χ4n) is 2.00. The van der Waals surface area contributed by atoms with Crippen molar-refractivity contribution in [3.05, 3.63) is 59.7 Å². The van der Waals surface area contributed by atoms with Crippen LogP contribution in [0, 0.1) is 6.92 Å². The van der Waals surface area contributed by atoms with E-state index >= 15 is 0 Å². The summed E-state index contributed by atoms with van der Waals surface area (Å²) < 4.78 is 0. The lowest BCUT2D eigenvalue weighted by molar-refractivity contribution is 0.0354. The van der Waals surface area contributed by atoms with Gasteiger partial charge in [-0.1, -0.05) is 17.7 Å². The molecule has 23 heavy (non-hydrogen) atoms. The van der Waals surface area contributed by atoms with Crippen molar-refractivity contribution >= 4 is 11.8 Å². The van der Waals surface area contributed by atoms with Crippen LogP contribution in [0.15, 0.2) is 42.7 Å². The van der Waals surface area contributed by atoms with Gasteiger partial charge in [-0.05, 0) is 45.9 Å². The second-order valence-corrected chi connectivity index (χ2v) is 6.19. The van der Waals surface area contributed by atoms with Gasteiger partial charge in [0.1, 0.15) is 0 Å². The number of amides is 2. The highest BCUT2D eigenvalue weighted by molar-refractivity contribution is 5.98. The lowest BCUT2D eigenvalue weighted by Gasteiger charge is -2.35. The third-order valence-corrected chi connectivity index (χ3v) is 3.12. The van der Waals surface area contributed by atoms with Gasteiger partial charge in [-0.2, -0.15) is 0 Å². The van der Waals surface area contributed by atoms with E-state index in [1.807, 2.05) is 39.8 Å². The summed E-state index contributed by atoms with van der Waals surface area (Å²) in [5.74, 6) is -0.800. The van der Waals surface area contributed by atoms with E-state index in [1.165, 1.54) is 17.4 Å². The third-order valence-electron chi connectivity index (χ3n) is 3.12. The van der Waals surface area contributed by atoms with E-state index in [2.05, 4.69) is 15.4 Å². The largest absolute Gasteiger partial charge is 0.307 e. The number of aromatic nitrogens is 2. The normalized spacial score (nSPS) is 11.0. The standard InChI is InChI=1S/C17H20N4O2/c1-12-7-5-8-13(11-12)16(23)21(17(2,3)4)20-15(22)14-18-9-6-10-19-14/h5-11H,1-4H3,(H,20,22). The molecule has 1 aromatic heterocycles. The van der Waals surface area contributed by atoms with Gasteiger partial charge in [0.2, 0.25) is 5.82 Å². The van der Waals surface area contributed by atoms with Crippen LogP contribution < -0.4 is 5.43 Å². The van der Waals surface area contributed by atoms with Crippen molar-refractivity contribution in [2.75, 3.05) is 0 Å². The molecule has 1 N–H and O–H groups in total. The van der Waals surface area contributed by atoms with Crippen molar-refractivity contribution < 1.29 is 9.59 Å². The Balaban J connectivity index is 2.28. The maximum atomic E-state index is 12.8. The first kappa shape index (κ1) is 16.6. The predicted molar refractivity (Wildman–Crippen MR) is 86.6 cm³/mol. The van der Waals surface area contributed by atoms with Gasteiger partial charge >= 0.3 is 5.91 Å². The Kier molecular flexibility index (Phi) is 4.74. The minimum Gasteiger partial charge on any atom is -0.267 e. The SMILES string of the molecule is Cc1cccc(C(=O)N(NC(=O)c2ncccn2)C(C)(C)C)c1. The number of hydrazine groups is 1. The molecule has 0 unspecified atom stereocenters. The van der Waals surface area contributed by atoms with Crippen LogP contribution in [-0.2, 0) is 0 Å². The molecule has 6 heteroatoms. The van der Waals surface area contributed by atoms with E-state index < -0.39 is 11.4 Å². The summed E-state index contributed by atoms with van der Waals surface area (Å²) in [6.45, 7) is 7.43. The van der Waals surface area contributed by atoms with E-state index in [-0.39, 0.29) is 11.7 Å². The summed E-state index contributed by atoms with van der Waals surface area (Å²) in [6, 6.07) is 8.85. The third kappa shape index (κ3) is 4.12. The summed E-state index contributed by atoms with van der Waals surface area (Å²) >= 11 is 0. The van der Waals surface area contributed by atoms with Crippen molar-refractivity contribution in [2.45, 2.75) is 33.2 Å². The molecule has 1 aromatic carbocycles. The maximum absolute atomic E-state index is 12.8. The number of nitrogens with one attached hydrogen (secondary N) is 1. The monoisotopic (exact) mass is 312 g/mol. The molecule has 0 aliphatic heterocycles. The van der Waals surface area contributed by atoms with Crippen LogP contribution in [0.4, 0.5) is 0 Å². The average molecular weight is 312 g/mol. The Morgan fingerprint density at radius 3 is 2.30 bits per heavy atom. The second kappa shape index (κ2) is 6.56. The van der Waals surface area contributed by atoms with E-state index in [4.69, 9.17) is 0 Å². The summed E-state index contributed by atoms with van der Waals surface area (Å²) in [5, 5.41) is 1.31. The van der Waals surface area contributed by atoms with E-state index in [9.17, 15) is 9.59 Å². The number of carbonyl (C=O) groups is 2. The smallest absolute Gasteiger partial charge is 0.267 e. The first-order valence-corrected chi connectivity index (χ1v) is 7.28. The zero-order valence-electron chi connectivity index (χ0n) is 13.7. The van der Waals surface area contributed by atoms with Crippen LogP contribution in [-0.4, -0.2) is 32.3 Å². The number of aryl methyl sites for hydroxylation is 1. The molecule has 2 amide bonds. The number of carbonyl (C=O) groups excluding carboxylic acids is 2. The number of hydrogen-bond donors (Lipinski definition) is 1. The molecule has 2 aromatic rings. The van der Waals surface area contributed by atoms with Gasteiger partial charge in [0, 0.05) is 18.0 Å². The van der Waals surface area contributed by atoms with Gasteiger partial charge < -0.3 is 0 Å². The quantitative estimate of drug-likeness (QED) is 0.864. The molecule has 0 spiro atoms.